The summed E-state index contributed by atoms with van der Waals surface area (Å²) in [5.74, 6) is -2.11. The van der Waals surface area contributed by atoms with E-state index in [2.05, 4.69) is 5.32 Å². The maximum Gasteiger partial charge on any atom is 0.149 e. The summed E-state index contributed by atoms with van der Waals surface area (Å²) in [6, 6.07) is 9.03. The van der Waals surface area contributed by atoms with Crippen LogP contribution in [0.3, 0.4) is 0 Å². The summed E-state index contributed by atoms with van der Waals surface area (Å²) in [6.45, 7) is 2.04. The van der Waals surface area contributed by atoms with Gasteiger partial charge in [0.2, 0.25) is 0 Å². The quantitative estimate of drug-likeness (QED) is 0.571. The zero-order valence-corrected chi connectivity index (χ0v) is 15.0. The lowest BCUT2D eigenvalue weighted by Crippen LogP contribution is -2.41. The van der Waals surface area contributed by atoms with Gasteiger partial charge in [-0.15, -0.1) is 0 Å². The van der Waals surface area contributed by atoms with E-state index < -0.39 is 17.2 Å². The number of nitrogens with two attached hydrogens (primary N) is 1. The van der Waals surface area contributed by atoms with Gasteiger partial charge >= 0.3 is 0 Å². The maximum absolute atomic E-state index is 14.2. The normalized spacial score (nSPS) is 19.3. The number of nitrogens with one attached hydrogen (secondary N) is 2. The van der Waals surface area contributed by atoms with E-state index in [1.165, 1.54) is 24.3 Å². The van der Waals surface area contributed by atoms with E-state index in [1.807, 2.05) is 6.92 Å². The van der Waals surface area contributed by atoms with Crippen molar-refractivity contribution >= 4 is 11.4 Å². The molecule has 0 spiro atoms. The van der Waals surface area contributed by atoms with Gasteiger partial charge in [0.15, 0.2) is 0 Å². The van der Waals surface area contributed by atoms with E-state index in [9.17, 15) is 13.2 Å². The minimum atomic E-state index is -0.876. The third-order valence-electron chi connectivity index (χ3n) is 4.95. The molecule has 0 amide bonds. The maximum atomic E-state index is 14.2. The van der Waals surface area contributed by atoms with Crippen molar-refractivity contribution in [1.29, 1.82) is 5.41 Å². The van der Waals surface area contributed by atoms with Crippen molar-refractivity contribution in [3.63, 3.8) is 0 Å². The van der Waals surface area contributed by atoms with Gasteiger partial charge in [-0.3, -0.25) is 0 Å². The first kappa shape index (κ1) is 19.0. The molecular weight excluding hydrogens is 351 g/mol. The molecule has 2 aromatic rings. The van der Waals surface area contributed by atoms with Crippen molar-refractivity contribution in [2.24, 2.45) is 11.7 Å². The van der Waals surface area contributed by atoms with Crippen molar-refractivity contribution in [3.05, 3.63) is 77.3 Å². The van der Waals surface area contributed by atoms with Crippen molar-refractivity contribution < 1.29 is 13.2 Å². The largest absolute Gasteiger partial charge is 0.400 e. The van der Waals surface area contributed by atoms with E-state index in [-0.39, 0.29) is 17.4 Å². The summed E-state index contributed by atoms with van der Waals surface area (Å²) in [7, 11) is 0. The highest BCUT2D eigenvalue weighted by Crippen LogP contribution is 2.45. The Bertz CT molecular complexity index is 877. The van der Waals surface area contributed by atoms with Crippen LogP contribution in [0.25, 0.3) is 0 Å². The van der Waals surface area contributed by atoms with Gasteiger partial charge in [-0.05, 0) is 42.3 Å². The minimum Gasteiger partial charge on any atom is -0.400 e. The van der Waals surface area contributed by atoms with Crippen LogP contribution in [0.5, 0.6) is 0 Å². The highest BCUT2D eigenvalue weighted by Gasteiger charge is 2.51. The highest BCUT2D eigenvalue weighted by atomic mass is 19.1. The number of hydrogen-bond acceptors (Lipinski definition) is 3. The van der Waals surface area contributed by atoms with Crippen LogP contribution in [0.1, 0.15) is 31.7 Å². The van der Waals surface area contributed by atoms with Crippen LogP contribution in [0.4, 0.5) is 18.9 Å². The van der Waals surface area contributed by atoms with Gasteiger partial charge in [-0.2, -0.15) is 0 Å². The SMILES string of the molecule is CCCCC(C(=N)c1ccc(F)cc1)C1(Nc2ccc(F)cc2F)C=C1N. The second-order valence-electron chi connectivity index (χ2n) is 6.83. The van der Waals surface area contributed by atoms with Crippen LogP contribution in [0.2, 0.25) is 0 Å². The molecule has 3 nitrogen and oxygen atoms in total. The smallest absolute Gasteiger partial charge is 0.149 e. The molecule has 0 saturated heterocycles. The third-order valence-corrected chi connectivity index (χ3v) is 4.95. The molecular formula is C21H22F3N3. The van der Waals surface area contributed by atoms with Crippen LogP contribution >= 0.6 is 0 Å². The Hall–Kier alpha value is -2.76. The Morgan fingerprint density at radius 3 is 2.30 bits per heavy atom. The lowest BCUT2D eigenvalue weighted by molar-refractivity contribution is 0.503. The minimum absolute atomic E-state index is 0.126. The van der Waals surface area contributed by atoms with Crippen molar-refractivity contribution in [2.45, 2.75) is 31.7 Å². The molecule has 142 valence electrons. The molecule has 3 rings (SSSR count). The van der Waals surface area contributed by atoms with E-state index in [1.54, 1.807) is 18.2 Å². The van der Waals surface area contributed by atoms with Gasteiger partial charge in [0.05, 0.1) is 5.69 Å². The predicted octanol–water partition coefficient (Wildman–Crippen LogP) is 4.99. The average molecular weight is 373 g/mol. The van der Waals surface area contributed by atoms with Crippen LogP contribution in [-0.2, 0) is 0 Å². The molecule has 0 heterocycles. The topological polar surface area (TPSA) is 61.9 Å². The summed E-state index contributed by atoms with van der Waals surface area (Å²) in [5.41, 5.74) is 6.74. The first-order chi connectivity index (χ1) is 12.9. The second kappa shape index (κ2) is 7.47. The number of hydrogen-bond donors (Lipinski definition) is 3. The second-order valence-corrected chi connectivity index (χ2v) is 6.83. The fraction of sp³-hybridized carbons (Fsp3) is 0.286. The molecule has 0 bridgehead atoms. The fourth-order valence-electron chi connectivity index (χ4n) is 3.36. The summed E-state index contributed by atoms with van der Waals surface area (Å²) in [4.78, 5) is 0. The van der Waals surface area contributed by atoms with Gasteiger partial charge in [-0.1, -0.05) is 31.9 Å². The molecule has 2 atom stereocenters. The summed E-state index contributed by atoms with van der Waals surface area (Å²) < 4.78 is 40.6. The standard InChI is InChI=1S/C21H22F3N3/c1-2-3-4-16(20(26)13-5-7-14(22)8-6-13)21(12-19(21)25)27-18-10-9-15(23)11-17(18)24/h5-12,16,26-27H,2-4,25H2,1H3. The monoisotopic (exact) mass is 373 g/mol. The van der Waals surface area contributed by atoms with E-state index in [4.69, 9.17) is 11.1 Å². The first-order valence-corrected chi connectivity index (χ1v) is 8.94. The van der Waals surface area contributed by atoms with Crippen LogP contribution in [-0.4, -0.2) is 11.3 Å². The summed E-state index contributed by atoms with van der Waals surface area (Å²) in [5, 5.41) is 11.7. The molecule has 0 radical (unpaired) electrons. The lowest BCUT2D eigenvalue weighted by atomic mass is 9.82. The Kier molecular flexibility index (Phi) is 5.26. The zero-order valence-electron chi connectivity index (χ0n) is 15.0. The van der Waals surface area contributed by atoms with Crippen molar-refractivity contribution in [1.82, 2.24) is 0 Å². The van der Waals surface area contributed by atoms with Crippen LogP contribution < -0.4 is 11.1 Å². The molecule has 27 heavy (non-hydrogen) atoms. The van der Waals surface area contributed by atoms with Gasteiger partial charge in [0.1, 0.15) is 23.0 Å². The highest BCUT2D eigenvalue weighted by molar-refractivity contribution is 6.02. The molecule has 6 heteroatoms. The van der Waals surface area contributed by atoms with E-state index in [0.717, 1.165) is 18.9 Å². The fourth-order valence-corrected chi connectivity index (χ4v) is 3.36. The van der Waals surface area contributed by atoms with Crippen LogP contribution in [0, 0.1) is 28.8 Å². The van der Waals surface area contributed by atoms with Gasteiger partial charge < -0.3 is 16.5 Å². The van der Waals surface area contributed by atoms with Gasteiger partial charge in [0, 0.05) is 23.4 Å². The molecule has 2 aromatic carbocycles. The Morgan fingerprint density at radius 2 is 1.74 bits per heavy atom. The zero-order chi connectivity index (χ0) is 19.6. The molecule has 0 fully saturated rings. The lowest BCUT2D eigenvalue weighted by Gasteiger charge is -2.31. The number of unbranched alkanes of at least 4 members (excludes halogenated alkanes) is 1. The predicted molar refractivity (Wildman–Crippen MR) is 101 cm³/mol. The molecule has 0 aromatic heterocycles. The Labute approximate surface area is 156 Å². The van der Waals surface area contributed by atoms with E-state index >= 15 is 0 Å². The van der Waals surface area contributed by atoms with E-state index in [0.29, 0.717) is 23.4 Å². The molecule has 1 aliphatic rings. The van der Waals surface area contributed by atoms with Gasteiger partial charge in [0.25, 0.3) is 0 Å². The molecule has 0 aliphatic heterocycles. The number of rotatable bonds is 8. The Morgan fingerprint density at radius 1 is 1.11 bits per heavy atom. The van der Waals surface area contributed by atoms with Crippen molar-refractivity contribution in [3.8, 4) is 0 Å². The third kappa shape index (κ3) is 3.84. The van der Waals surface area contributed by atoms with Crippen LogP contribution in [0.15, 0.2) is 54.2 Å². The number of anilines is 1. The Balaban J connectivity index is 1.91. The number of halogens is 3. The van der Waals surface area contributed by atoms with Gasteiger partial charge in [-0.25, -0.2) is 13.2 Å². The summed E-state index contributed by atoms with van der Waals surface area (Å²) in [6.07, 6.45) is 4.19. The summed E-state index contributed by atoms with van der Waals surface area (Å²) >= 11 is 0. The average Bonchev–Trinajstić information content (AvgIpc) is 3.28. The first-order valence-electron chi connectivity index (χ1n) is 8.94. The molecule has 2 unspecified atom stereocenters. The molecule has 0 saturated carbocycles. The van der Waals surface area contributed by atoms with Crippen molar-refractivity contribution in [2.75, 3.05) is 5.32 Å². The molecule has 1 aliphatic carbocycles. The number of benzene rings is 2. The molecule has 4 N–H and O–H groups in total.